The highest BCUT2D eigenvalue weighted by Crippen LogP contribution is 2.35. The Morgan fingerprint density at radius 1 is 0.857 bits per heavy atom. The maximum absolute atomic E-state index is 13.5. The second kappa shape index (κ2) is 7.24. The van der Waals surface area contributed by atoms with E-state index in [2.05, 4.69) is 0 Å². The van der Waals surface area contributed by atoms with Gasteiger partial charge < -0.3 is 9.64 Å². The zero-order valence-electron chi connectivity index (χ0n) is 16.5. The van der Waals surface area contributed by atoms with E-state index in [1.807, 2.05) is 68.1 Å². The van der Waals surface area contributed by atoms with Crippen molar-refractivity contribution in [2.45, 2.75) is 20.8 Å². The molecule has 5 nitrogen and oxygen atoms in total. The Balaban J connectivity index is 1.85. The van der Waals surface area contributed by atoms with Crippen LogP contribution in [0.15, 0.2) is 48.2 Å². The topological polar surface area (TPSA) is 49.9 Å². The number of aryl methyl sites for hydroxylation is 3. The summed E-state index contributed by atoms with van der Waals surface area (Å²) in [5.41, 5.74) is 5.63. The smallest absolute Gasteiger partial charge is 0.282 e. The van der Waals surface area contributed by atoms with E-state index in [9.17, 15) is 9.59 Å². The molecule has 2 aliphatic rings. The maximum atomic E-state index is 13.5. The van der Waals surface area contributed by atoms with Crippen molar-refractivity contribution in [3.8, 4) is 0 Å². The Morgan fingerprint density at radius 2 is 1.61 bits per heavy atom. The molecule has 2 amide bonds. The molecule has 2 aliphatic heterocycles. The quantitative estimate of drug-likeness (QED) is 0.772. The first-order valence-electron chi connectivity index (χ1n) is 9.57. The average molecular weight is 376 g/mol. The molecule has 0 saturated carbocycles. The molecule has 28 heavy (non-hydrogen) atoms. The van der Waals surface area contributed by atoms with Crippen LogP contribution in [0.5, 0.6) is 0 Å². The summed E-state index contributed by atoms with van der Waals surface area (Å²) in [5, 5.41) is 0. The lowest BCUT2D eigenvalue weighted by Gasteiger charge is -2.29. The first-order chi connectivity index (χ1) is 13.5. The van der Waals surface area contributed by atoms with Crippen LogP contribution in [0.3, 0.4) is 0 Å². The first kappa shape index (κ1) is 18.4. The molecule has 0 aromatic heterocycles. The van der Waals surface area contributed by atoms with Crippen LogP contribution in [0.25, 0.3) is 5.57 Å². The molecule has 0 N–H and O–H groups in total. The normalized spacial score (nSPS) is 17.7. The molecular formula is C23H24N2O3. The van der Waals surface area contributed by atoms with E-state index in [-0.39, 0.29) is 11.8 Å². The Kier molecular flexibility index (Phi) is 4.77. The number of anilines is 1. The fourth-order valence-electron chi connectivity index (χ4n) is 3.76. The molecule has 144 valence electrons. The summed E-state index contributed by atoms with van der Waals surface area (Å²) >= 11 is 0. The van der Waals surface area contributed by atoms with Gasteiger partial charge in [-0.3, -0.25) is 9.59 Å². The predicted octanol–water partition coefficient (Wildman–Crippen LogP) is 3.23. The Morgan fingerprint density at radius 3 is 2.29 bits per heavy atom. The molecule has 0 bridgehead atoms. The third-order valence-electron chi connectivity index (χ3n) is 5.44. The highest BCUT2D eigenvalue weighted by Gasteiger charge is 2.42. The third kappa shape index (κ3) is 3.12. The second-order valence-corrected chi connectivity index (χ2v) is 7.41. The minimum atomic E-state index is -0.264. The van der Waals surface area contributed by atoms with Crippen LogP contribution in [0.1, 0.15) is 22.3 Å². The molecule has 2 aromatic rings. The van der Waals surface area contributed by atoms with Gasteiger partial charge in [-0.1, -0.05) is 30.3 Å². The molecule has 4 rings (SSSR count). The molecule has 5 heteroatoms. The van der Waals surface area contributed by atoms with Crippen molar-refractivity contribution in [1.82, 2.24) is 4.90 Å². The van der Waals surface area contributed by atoms with Crippen molar-refractivity contribution in [2.24, 2.45) is 0 Å². The molecule has 2 aromatic carbocycles. The van der Waals surface area contributed by atoms with Crippen LogP contribution in [0.2, 0.25) is 0 Å². The van der Waals surface area contributed by atoms with Gasteiger partial charge in [-0.2, -0.15) is 0 Å². The molecule has 0 radical (unpaired) electrons. The Bertz CT molecular complexity index is 987. The van der Waals surface area contributed by atoms with Crippen LogP contribution in [-0.2, 0) is 14.3 Å². The van der Waals surface area contributed by atoms with Gasteiger partial charge in [0.2, 0.25) is 0 Å². The lowest BCUT2D eigenvalue weighted by atomic mass is 9.99. The first-order valence-corrected chi connectivity index (χ1v) is 9.57. The summed E-state index contributed by atoms with van der Waals surface area (Å²) in [6, 6.07) is 13.4. The Hall–Kier alpha value is -2.92. The zero-order chi connectivity index (χ0) is 19.8. The minimum Gasteiger partial charge on any atom is -0.378 e. The van der Waals surface area contributed by atoms with Crippen molar-refractivity contribution in [2.75, 3.05) is 31.2 Å². The number of benzene rings is 2. The van der Waals surface area contributed by atoms with E-state index in [0.717, 1.165) is 22.3 Å². The SMILES string of the molecule is Cc1cccc(N2C(=O)C(c3ccc(C)c(C)c3)=C(N3CCOCC3)C2=O)c1. The molecular weight excluding hydrogens is 352 g/mol. The number of hydrogen-bond acceptors (Lipinski definition) is 4. The standard InChI is InChI=1S/C23H24N2O3/c1-15-5-4-6-19(13-15)25-22(26)20(18-8-7-16(2)17(3)14-18)21(23(25)27)24-9-11-28-12-10-24/h4-8,13-14H,9-12H2,1-3H3. The summed E-state index contributed by atoms with van der Waals surface area (Å²) < 4.78 is 5.45. The van der Waals surface area contributed by atoms with Crippen LogP contribution in [0.4, 0.5) is 5.69 Å². The molecule has 1 fully saturated rings. The van der Waals surface area contributed by atoms with Crippen molar-refractivity contribution in [3.63, 3.8) is 0 Å². The van der Waals surface area contributed by atoms with Crippen molar-refractivity contribution in [3.05, 3.63) is 70.4 Å². The molecule has 0 atom stereocenters. The van der Waals surface area contributed by atoms with E-state index in [1.165, 1.54) is 4.90 Å². The van der Waals surface area contributed by atoms with Gasteiger partial charge >= 0.3 is 0 Å². The highest BCUT2D eigenvalue weighted by atomic mass is 16.5. The van der Waals surface area contributed by atoms with Crippen molar-refractivity contribution >= 4 is 23.1 Å². The van der Waals surface area contributed by atoms with E-state index >= 15 is 0 Å². The van der Waals surface area contributed by atoms with Crippen molar-refractivity contribution in [1.29, 1.82) is 0 Å². The van der Waals surface area contributed by atoms with Crippen LogP contribution in [-0.4, -0.2) is 43.0 Å². The summed E-state index contributed by atoms with van der Waals surface area (Å²) in [7, 11) is 0. The van der Waals surface area contributed by atoms with E-state index in [0.29, 0.717) is 43.3 Å². The zero-order valence-corrected chi connectivity index (χ0v) is 16.5. The fourth-order valence-corrected chi connectivity index (χ4v) is 3.76. The minimum absolute atomic E-state index is 0.259. The molecule has 0 unspecified atom stereocenters. The number of nitrogens with zero attached hydrogens (tertiary/aromatic N) is 2. The number of imide groups is 1. The number of ether oxygens (including phenoxy) is 1. The maximum Gasteiger partial charge on any atom is 0.282 e. The van der Waals surface area contributed by atoms with Gasteiger partial charge in [-0.25, -0.2) is 4.90 Å². The monoisotopic (exact) mass is 376 g/mol. The van der Waals surface area contributed by atoms with Crippen LogP contribution in [0, 0.1) is 20.8 Å². The van der Waals surface area contributed by atoms with Gasteiger partial charge in [-0.05, 0) is 55.2 Å². The number of amides is 2. The van der Waals surface area contributed by atoms with Gasteiger partial charge in [0.1, 0.15) is 5.70 Å². The summed E-state index contributed by atoms with van der Waals surface area (Å²) in [5.74, 6) is -0.522. The average Bonchev–Trinajstić information content (AvgIpc) is 2.95. The van der Waals surface area contributed by atoms with Crippen molar-refractivity contribution < 1.29 is 14.3 Å². The fraction of sp³-hybridized carbons (Fsp3) is 0.304. The van der Waals surface area contributed by atoms with Gasteiger partial charge in [0.05, 0.1) is 24.5 Å². The van der Waals surface area contributed by atoms with Gasteiger partial charge in [0.15, 0.2) is 0 Å². The van der Waals surface area contributed by atoms with E-state index < -0.39 is 0 Å². The number of carbonyl (C=O) groups is 2. The van der Waals surface area contributed by atoms with E-state index in [1.54, 1.807) is 0 Å². The molecule has 0 aliphatic carbocycles. The molecule has 2 heterocycles. The van der Waals surface area contributed by atoms with Gasteiger partial charge in [0.25, 0.3) is 11.8 Å². The number of hydrogen-bond donors (Lipinski definition) is 0. The van der Waals surface area contributed by atoms with Gasteiger partial charge in [-0.15, -0.1) is 0 Å². The second-order valence-electron chi connectivity index (χ2n) is 7.41. The number of carbonyl (C=O) groups excluding carboxylic acids is 2. The lowest BCUT2D eigenvalue weighted by Crippen LogP contribution is -2.40. The lowest BCUT2D eigenvalue weighted by molar-refractivity contribution is -0.121. The summed E-state index contributed by atoms with van der Waals surface area (Å²) in [6.45, 7) is 8.32. The third-order valence-corrected chi connectivity index (χ3v) is 5.44. The largest absolute Gasteiger partial charge is 0.378 e. The van der Waals surface area contributed by atoms with Crippen LogP contribution < -0.4 is 4.90 Å². The highest BCUT2D eigenvalue weighted by molar-refractivity contribution is 6.45. The number of rotatable bonds is 3. The Labute approximate surface area is 165 Å². The van der Waals surface area contributed by atoms with E-state index in [4.69, 9.17) is 4.74 Å². The predicted molar refractivity (Wildman–Crippen MR) is 109 cm³/mol. The van der Waals surface area contributed by atoms with Crippen LogP contribution >= 0.6 is 0 Å². The number of morpholine rings is 1. The summed E-state index contributed by atoms with van der Waals surface area (Å²) in [6.07, 6.45) is 0. The molecule has 0 spiro atoms. The molecule has 1 saturated heterocycles. The summed E-state index contributed by atoms with van der Waals surface area (Å²) in [4.78, 5) is 30.2. The van der Waals surface area contributed by atoms with Gasteiger partial charge in [0, 0.05) is 13.1 Å².